The number of likely N-dealkylation sites (N-methyl/N-ethyl adjacent to an activating group) is 1. The number of fused-ring (bicyclic) bond motifs is 2. The number of benzene rings is 3. The Morgan fingerprint density at radius 1 is 1.06 bits per heavy atom. The van der Waals surface area contributed by atoms with E-state index in [4.69, 9.17) is 9.47 Å². The zero-order valence-corrected chi connectivity index (χ0v) is 20.5. The Hall–Kier alpha value is -4.26. The lowest BCUT2D eigenvalue weighted by Crippen LogP contribution is -2.41. The summed E-state index contributed by atoms with van der Waals surface area (Å²) >= 11 is 0. The number of aliphatic carboxylic acids is 1. The molecule has 2 heterocycles. The summed E-state index contributed by atoms with van der Waals surface area (Å²) in [6.07, 6.45) is -0.201. The highest BCUT2D eigenvalue weighted by Gasteiger charge is 2.24. The van der Waals surface area contributed by atoms with Crippen LogP contribution in [0.15, 0.2) is 66.7 Å². The normalized spacial score (nSPS) is 14.9. The van der Waals surface area contributed by atoms with Gasteiger partial charge in [-0.05, 0) is 73.5 Å². The lowest BCUT2D eigenvalue weighted by Gasteiger charge is -2.33. The maximum Gasteiger partial charge on any atom is 0.307 e. The summed E-state index contributed by atoms with van der Waals surface area (Å²) < 4.78 is 13.7. The second-order valence-electron chi connectivity index (χ2n) is 9.27. The van der Waals surface area contributed by atoms with Crippen molar-refractivity contribution in [2.24, 2.45) is 0 Å². The van der Waals surface area contributed by atoms with E-state index in [0.717, 1.165) is 29.1 Å². The fourth-order valence-corrected chi connectivity index (χ4v) is 4.76. The van der Waals surface area contributed by atoms with Crippen LogP contribution in [0.5, 0.6) is 11.5 Å². The number of hydrogen-bond acceptors (Lipinski definition) is 5. The molecule has 0 amide bonds. The molecule has 1 unspecified atom stereocenters. The molecule has 0 saturated carbocycles. The van der Waals surface area contributed by atoms with Crippen molar-refractivity contribution in [3.63, 3.8) is 0 Å². The quantitative estimate of drug-likeness (QED) is 0.421. The molecule has 36 heavy (non-hydrogen) atoms. The largest absolute Gasteiger partial charge is 0.490 e. The van der Waals surface area contributed by atoms with Gasteiger partial charge in [-0.2, -0.15) is 0 Å². The van der Waals surface area contributed by atoms with Gasteiger partial charge in [0, 0.05) is 23.7 Å². The van der Waals surface area contributed by atoms with Gasteiger partial charge in [-0.3, -0.25) is 14.2 Å². The number of carbonyl (C=O) groups is 2. The van der Waals surface area contributed by atoms with Gasteiger partial charge in [-0.1, -0.05) is 18.2 Å². The standard InChI is InChI=1S/C29H28N2O5/c1-18-7-12-27-26(13-18)30(3)16-23(36-27)17-35-22-10-8-20(9-11-22)29(34)31-19(2)14-24-21(15-28(32)33)5-4-6-25(24)31/h4-14,23H,15-17H2,1-3H3,(H,32,33). The Morgan fingerprint density at radius 3 is 2.58 bits per heavy atom. The summed E-state index contributed by atoms with van der Waals surface area (Å²) in [5.41, 5.74) is 4.93. The first-order valence-electron chi connectivity index (χ1n) is 11.9. The Morgan fingerprint density at radius 2 is 1.83 bits per heavy atom. The molecule has 3 aromatic carbocycles. The zero-order valence-electron chi connectivity index (χ0n) is 20.5. The van der Waals surface area contributed by atoms with Crippen molar-refractivity contribution in [3.05, 3.63) is 89.1 Å². The number of carboxylic acids is 1. The first kappa shape index (κ1) is 23.5. The average Bonchev–Trinajstić information content (AvgIpc) is 3.19. The molecule has 1 aliphatic heterocycles. The maximum atomic E-state index is 13.3. The monoisotopic (exact) mass is 484 g/mol. The highest BCUT2D eigenvalue weighted by molar-refractivity contribution is 6.04. The number of anilines is 1. The van der Waals surface area contributed by atoms with Crippen LogP contribution in [-0.2, 0) is 11.2 Å². The van der Waals surface area contributed by atoms with E-state index >= 15 is 0 Å². The summed E-state index contributed by atoms with van der Waals surface area (Å²) in [4.78, 5) is 26.8. The summed E-state index contributed by atoms with van der Waals surface area (Å²) in [7, 11) is 2.05. The summed E-state index contributed by atoms with van der Waals surface area (Å²) in [6.45, 7) is 5.02. The number of nitrogens with zero attached hydrogens (tertiary/aromatic N) is 2. The van der Waals surface area contributed by atoms with Gasteiger partial charge in [0.2, 0.25) is 0 Å². The van der Waals surface area contributed by atoms with Gasteiger partial charge in [0.15, 0.2) is 0 Å². The molecule has 0 fully saturated rings. The van der Waals surface area contributed by atoms with Gasteiger partial charge in [0.25, 0.3) is 5.91 Å². The van der Waals surface area contributed by atoms with Crippen LogP contribution in [0, 0.1) is 13.8 Å². The van der Waals surface area contributed by atoms with E-state index in [9.17, 15) is 14.7 Å². The Bertz CT molecular complexity index is 1450. The topological polar surface area (TPSA) is 81.0 Å². The first-order valence-corrected chi connectivity index (χ1v) is 11.9. The first-order chi connectivity index (χ1) is 17.3. The van der Waals surface area contributed by atoms with Gasteiger partial charge >= 0.3 is 5.97 Å². The van der Waals surface area contributed by atoms with E-state index in [-0.39, 0.29) is 18.4 Å². The minimum atomic E-state index is -0.903. The Labute approximate surface area is 209 Å². The molecule has 0 bridgehead atoms. The summed E-state index contributed by atoms with van der Waals surface area (Å²) in [5.74, 6) is 0.431. The second-order valence-corrected chi connectivity index (χ2v) is 9.27. The Balaban J connectivity index is 1.29. The van der Waals surface area contributed by atoms with E-state index in [2.05, 4.69) is 17.9 Å². The molecule has 0 aliphatic carbocycles. The number of ether oxygens (including phenoxy) is 2. The predicted molar refractivity (Wildman–Crippen MR) is 139 cm³/mol. The van der Waals surface area contributed by atoms with Crippen molar-refractivity contribution in [1.82, 2.24) is 4.57 Å². The molecule has 1 atom stereocenters. The van der Waals surface area contributed by atoms with Crippen LogP contribution in [0.25, 0.3) is 10.9 Å². The van der Waals surface area contributed by atoms with Crippen molar-refractivity contribution in [2.45, 2.75) is 26.4 Å². The minimum Gasteiger partial charge on any atom is -0.490 e. The third kappa shape index (κ3) is 4.52. The zero-order chi connectivity index (χ0) is 25.4. The molecule has 0 spiro atoms. The fourth-order valence-electron chi connectivity index (χ4n) is 4.76. The molecule has 7 nitrogen and oxygen atoms in total. The van der Waals surface area contributed by atoms with Gasteiger partial charge in [-0.25, -0.2) is 0 Å². The molecule has 0 radical (unpaired) electrons. The molecule has 7 heteroatoms. The SMILES string of the molecule is Cc1ccc2c(c1)N(C)CC(COc1ccc(C(=O)n3c(C)cc4c(CC(=O)O)cccc43)cc1)O2. The molecular weight excluding hydrogens is 456 g/mol. The van der Waals surface area contributed by atoms with E-state index in [1.54, 1.807) is 41.0 Å². The lowest BCUT2D eigenvalue weighted by atomic mass is 10.1. The van der Waals surface area contributed by atoms with Gasteiger partial charge < -0.3 is 19.5 Å². The lowest BCUT2D eigenvalue weighted by molar-refractivity contribution is -0.136. The number of aromatic nitrogens is 1. The van der Waals surface area contributed by atoms with Crippen molar-refractivity contribution in [2.75, 3.05) is 25.1 Å². The van der Waals surface area contributed by atoms with E-state index < -0.39 is 5.97 Å². The molecular formula is C29H28N2O5. The maximum absolute atomic E-state index is 13.3. The van der Waals surface area contributed by atoms with Crippen LogP contribution in [0.1, 0.15) is 27.2 Å². The molecule has 5 rings (SSSR count). The third-order valence-electron chi connectivity index (χ3n) is 6.50. The van der Waals surface area contributed by atoms with E-state index in [1.807, 2.05) is 38.2 Å². The molecule has 1 N–H and O–H groups in total. The van der Waals surface area contributed by atoms with Crippen molar-refractivity contribution in [1.29, 1.82) is 0 Å². The van der Waals surface area contributed by atoms with E-state index in [0.29, 0.717) is 29.0 Å². The fraction of sp³-hybridized carbons (Fsp3) is 0.241. The van der Waals surface area contributed by atoms with Crippen LogP contribution in [0.2, 0.25) is 0 Å². The van der Waals surface area contributed by atoms with Crippen LogP contribution >= 0.6 is 0 Å². The highest BCUT2D eigenvalue weighted by Crippen LogP contribution is 2.33. The molecule has 0 saturated heterocycles. The molecule has 1 aliphatic rings. The summed E-state index contributed by atoms with van der Waals surface area (Å²) in [5, 5.41) is 9.99. The van der Waals surface area contributed by atoms with Gasteiger partial charge in [0.1, 0.15) is 24.2 Å². The van der Waals surface area contributed by atoms with Crippen LogP contribution < -0.4 is 14.4 Å². The number of carboxylic acid groups (broad SMARTS) is 1. The van der Waals surface area contributed by atoms with Gasteiger partial charge in [-0.15, -0.1) is 0 Å². The third-order valence-corrected chi connectivity index (χ3v) is 6.50. The van der Waals surface area contributed by atoms with Gasteiger partial charge in [0.05, 0.1) is 24.2 Å². The van der Waals surface area contributed by atoms with Crippen molar-refractivity contribution in [3.8, 4) is 11.5 Å². The van der Waals surface area contributed by atoms with Crippen LogP contribution in [0.3, 0.4) is 0 Å². The average molecular weight is 485 g/mol. The van der Waals surface area contributed by atoms with E-state index in [1.165, 1.54) is 5.56 Å². The number of carbonyl (C=O) groups excluding carboxylic acids is 1. The van der Waals surface area contributed by atoms with Crippen molar-refractivity contribution < 1.29 is 24.2 Å². The van der Waals surface area contributed by atoms with Crippen LogP contribution in [0.4, 0.5) is 5.69 Å². The minimum absolute atomic E-state index is 0.0905. The highest BCUT2D eigenvalue weighted by atomic mass is 16.5. The van der Waals surface area contributed by atoms with Crippen LogP contribution in [-0.4, -0.2) is 47.9 Å². The predicted octanol–water partition coefficient (Wildman–Crippen LogP) is 4.85. The Kier molecular flexibility index (Phi) is 6.14. The number of rotatable bonds is 6. The second kappa shape index (κ2) is 9.41. The molecule has 184 valence electrons. The number of hydrogen-bond donors (Lipinski definition) is 1. The number of aryl methyl sites for hydroxylation is 2. The smallest absolute Gasteiger partial charge is 0.307 e. The molecule has 4 aromatic rings. The molecule has 1 aromatic heterocycles. The van der Waals surface area contributed by atoms with Crippen molar-refractivity contribution >= 4 is 28.5 Å². The summed E-state index contributed by atoms with van der Waals surface area (Å²) in [6, 6.07) is 20.5.